The third-order valence-corrected chi connectivity index (χ3v) is 3.60. The Morgan fingerprint density at radius 2 is 2.12 bits per heavy atom. The minimum absolute atomic E-state index is 0.0296. The highest BCUT2D eigenvalue weighted by Crippen LogP contribution is 2.16. The molecule has 0 unspecified atom stereocenters. The molecule has 17 heavy (non-hydrogen) atoms. The number of hydrogen-bond acceptors (Lipinski definition) is 2. The molecule has 2 rings (SSSR count). The van der Waals surface area contributed by atoms with Crippen molar-refractivity contribution in [2.45, 2.75) is 13.5 Å². The van der Waals surface area contributed by atoms with Crippen molar-refractivity contribution < 1.29 is 0 Å². The first kappa shape index (κ1) is 12.6. The van der Waals surface area contributed by atoms with Crippen molar-refractivity contribution in [2.75, 3.05) is 0 Å². The Labute approximate surface area is 118 Å². The van der Waals surface area contributed by atoms with Crippen LogP contribution in [-0.2, 0) is 6.54 Å². The van der Waals surface area contributed by atoms with Crippen LogP contribution < -0.4 is 5.56 Å². The molecule has 0 atom stereocenters. The van der Waals surface area contributed by atoms with Crippen LogP contribution in [0.1, 0.15) is 11.4 Å². The molecule has 0 saturated carbocycles. The minimum Gasteiger partial charge on any atom is -0.291 e. The highest BCUT2D eigenvalue weighted by molar-refractivity contribution is 14.1. The van der Waals surface area contributed by atoms with Crippen LogP contribution in [-0.4, -0.2) is 9.55 Å². The highest BCUT2D eigenvalue weighted by Gasteiger charge is 2.07. The first-order valence-corrected chi connectivity index (χ1v) is 6.50. The molecule has 0 radical (unpaired) electrons. The average molecular weight is 361 g/mol. The van der Waals surface area contributed by atoms with Gasteiger partial charge in [0.1, 0.15) is 5.82 Å². The average Bonchev–Trinajstić information content (AvgIpc) is 2.32. The molecule has 88 valence electrons. The maximum Gasteiger partial charge on any atom is 0.267 e. The second-order valence-electron chi connectivity index (χ2n) is 3.64. The molecule has 2 aromatic rings. The predicted molar refractivity (Wildman–Crippen MR) is 76.5 cm³/mol. The van der Waals surface area contributed by atoms with E-state index in [1.807, 2.05) is 53.8 Å². The van der Waals surface area contributed by atoms with E-state index in [2.05, 4.69) is 4.98 Å². The van der Waals surface area contributed by atoms with E-state index in [-0.39, 0.29) is 5.56 Å². The number of nitrogens with zero attached hydrogens (tertiary/aromatic N) is 2. The molecule has 0 aliphatic rings. The molecule has 1 heterocycles. The molecule has 5 heteroatoms. The van der Waals surface area contributed by atoms with Gasteiger partial charge in [0, 0.05) is 11.2 Å². The van der Waals surface area contributed by atoms with Gasteiger partial charge in [0.15, 0.2) is 0 Å². The summed E-state index contributed by atoms with van der Waals surface area (Å²) in [5, 5.41) is 0.665. The first-order chi connectivity index (χ1) is 8.09. The van der Waals surface area contributed by atoms with Gasteiger partial charge in [-0.05, 0) is 41.1 Å². The van der Waals surface area contributed by atoms with E-state index in [1.165, 1.54) is 0 Å². The fourth-order valence-corrected chi connectivity index (χ4v) is 2.16. The van der Waals surface area contributed by atoms with Gasteiger partial charge in [-0.2, -0.15) is 0 Å². The van der Waals surface area contributed by atoms with Gasteiger partial charge in [0.2, 0.25) is 0 Å². The predicted octanol–water partition coefficient (Wildman–Crippen LogP) is 2.86. The summed E-state index contributed by atoms with van der Waals surface area (Å²) in [4.78, 5) is 16.2. The van der Waals surface area contributed by atoms with Gasteiger partial charge in [-0.1, -0.05) is 29.8 Å². The standard InChI is InChI=1S/C12H10ClIN2O/c1-8-15-6-11(14)12(17)16(8)7-9-4-2-3-5-10(9)13/h2-6H,7H2,1H3. The van der Waals surface area contributed by atoms with E-state index >= 15 is 0 Å². The molecule has 0 amide bonds. The Morgan fingerprint density at radius 3 is 2.82 bits per heavy atom. The summed E-state index contributed by atoms with van der Waals surface area (Å²) in [5.74, 6) is 0.690. The zero-order chi connectivity index (χ0) is 12.4. The number of rotatable bonds is 2. The van der Waals surface area contributed by atoms with Crippen molar-refractivity contribution in [3.05, 3.63) is 60.8 Å². The topological polar surface area (TPSA) is 34.9 Å². The summed E-state index contributed by atoms with van der Waals surface area (Å²) in [6, 6.07) is 7.50. The number of aryl methyl sites for hydroxylation is 1. The number of benzene rings is 1. The van der Waals surface area contributed by atoms with E-state index in [0.29, 0.717) is 21.0 Å². The van der Waals surface area contributed by atoms with Crippen molar-refractivity contribution in [1.82, 2.24) is 9.55 Å². The molecule has 0 fully saturated rings. The Morgan fingerprint density at radius 1 is 1.41 bits per heavy atom. The summed E-state index contributed by atoms with van der Waals surface area (Å²) in [5.41, 5.74) is 0.890. The zero-order valence-corrected chi connectivity index (χ0v) is 12.1. The minimum atomic E-state index is -0.0296. The van der Waals surface area contributed by atoms with Gasteiger partial charge >= 0.3 is 0 Å². The fourth-order valence-electron chi connectivity index (χ4n) is 1.53. The van der Waals surface area contributed by atoms with Crippen LogP contribution in [0.4, 0.5) is 0 Å². The Balaban J connectivity index is 2.47. The molecular weight excluding hydrogens is 351 g/mol. The van der Waals surface area contributed by atoms with Crippen molar-refractivity contribution in [3.8, 4) is 0 Å². The lowest BCUT2D eigenvalue weighted by molar-refractivity contribution is 0.695. The summed E-state index contributed by atoms with van der Waals surface area (Å²) in [7, 11) is 0. The summed E-state index contributed by atoms with van der Waals surface area (Å²) < 4.78 is 2.24. The lowest BCUT2D eigenvalue weighted by Gasteiger charge is -2.10. The molecule has 1 aromatic heterocycles. The molecule has 0 spiro atoms. The van der Waals surface area contributed by atoms with Gasteiger partial charge in [-0.25, -0.2) is 4.98 Å². The van der Waals surface area contributed by atoms with Crippen LogP contribution in [0.2, 0.25) is 5.02 Å². The third kappa shape index (κ3) is 2.69. The molecular formula is C12H10ClIN2O. The van der Waals surface area contributed by atoms with Gasteiger partial charge in [-0.15, -0.1) is 0 Å². The second kappa shape index (κ2) is 5.18. The van der Waals surface area contributed by atoms with Crippen molar-refractivity contribution in [3.63, 3.8) is 0 Å². The summed E-state index contributed by atoms with van der Waals surface area (Å²) >= 11 is 8.07. The lowest BCUT2D eigenvalue weighted by Crippen LogP contribution is -2.26. The monoisotopic (exact) mass is 360 g/mol. The van der Waals surface area contributed by atoms with Crippen LogP contribution in [0.5, 0.6) is 0 Å². The van der Waals surface area contributed by atoms with Crippen molar-refractivity contribution in [2.24, 2.45) is 0 Å². The number of aromatic nitrogens is 2. The number of hydrogen-bond donors (Lipinski definition) is 0. The molecule has 0 bridgehead atoms. The van der Waals surface area contributed by atoms with Crippen LogP contribution in [0, 0.1) is 10.5 Å². The van der Waals surface area contributed by atoms with Crippen molar-refractivity contribution in [1.29, 1.82) is 0 Å². The van der Waals surface area contributed by atoms with Gasteiger partial charge in [0.25, 0.3) is 5.56 Å². The SMILES string of the molecule is Cc1ncc(I)c(=O)n1Cc1ccccc1Cl. The zero-order valence-electron chi connectivity index (χ0n) is 9.15. The van der Waals surface area contributed by atoms with Crippen LogP contribution in [0.25, 0.3) is 0 Å². The maximum atomic E-state index is 12.0. The molecule has 3 nitrogen and oxygen atoms in total. The summed E-state index contributed by atoms with van der Waals surface area (Å²) in [6.07, 6.45) is 1.58. The van der Waals surface area contributed by atoms with E-state index < -0.39 is 0 Å². The molecule has 0 N–H and O–H groups in total. The first-order valence-electron chi connectivity index (χ1n) is 5.05. The second-order valence-corrected chi connectivity index (χ2v) is 5.21. The molecule has 0 aliphatic heterocycles. The van der Waals surface area contributed by atoms with Crippen LogP contribution in [0.15, 0.2) is 35.3 Å². The lowest BCUT2D eigenvalue weighted by atomic mass is 10.2. The largest absolute Gasteiger partial charge is 0.291 e. The maximum absolute atomic E-state index is 12.0. The Bertz CT molecular complexity index is 610. The smallest absolute Gasteiger partial charge is 0.267 e. The number of halogens is 2. The van der Waals surface area contributed by atoms with E-state index in [0.717, 1.165) is 5.56 Å². The van der Waals surface area contributed by atoms with Crippen molar-refractivity contribution >= 4 is 34.2 Å². The van der Waals surface area contributed by atoms with Gasteiger partial charge in [0.05, 0.1) is 10.1 Å². The molecule has 0 aliphatic carbocycles. The summed E-state index contributed by atoms with van der Waals surface area (Å²) in [6.45, 7) is 2.27. The van der Waals surface area contributed by atoms with Gasteiger partial charge < -0.3 is 0 Å². The van der Waals surface area contributed by atoms with E-state index in [4.69, 9.17) is 11.6 Å². The van der Waals surface area contributed by atoms with E-state index in [1.54, 1.807) is 10.8 Å². The van der Waals surface area contributed by atoms with E-state index in [9.17, 15) is 4.79 Å². The third-order valence-electron chi connectivity index (χ3n) is 2.49. The molecule has 1 aromatic carbocycles. The fraction of sp³-hybridized carbons (Fsp3) is 0.167. The Hall–Kier alpha value is -0.880. The molecule has 0 saturated heterocycles. The van der Waals surface area contributed by atoms with Gasteiger partial charge in [-0.3, -0.25) is 9.36 Å². The van der Waals surface area contributed by atoms with Crippen LogP contribution in [0.3, 0.4) is 0 Å². The van der Waals surface area contributed by atoms with Crippen LogP contribution >= 0.6 is 34.2 Å². The highest BCUT2D eigenvalue weighted by atomic mass is 127. The Kier molecular flexibility index (Phi) is 3.83. The normalized spacial score (nSPS) is 10.5. The quantitative estimate of drug-likeness (QED) is 0.772.